The summed E-state index contributed by atoms with van der Waals surface area (Å²) in [5.41, 5.74) is 0.812. The molecule has 0 aromatic rings. The summed E-state index contributed by atoms with van der Waals surface area (Å²) in [6.45, 7) is 10.5. The summed E-state index contributed by atoms with van der Waals surface area (Å²) in [6, 6.07) is 0.794. The predicted molar refractivity (Wildman–Crippen MR) is 64.6 cm³/mol. The molecule has 0 aliphatic rings. The van der Waals surface area contributed by atoms with Crippen LogP contribution < -0.4 is 0 Å². The van der Waals surface area contributed by atoms with Crippen molar-refractivity contribution in [3.63, 3.8) is 0 Å². The molecular formula is C11H18O4Si. The molecule has 0 N–H and O–H groups in total. The standard InChI is InChI=1S/C11H18O4Si/c1-8(2)10(12)14-6-5-7-16-15-11(13)9(3)4/h1,3,5-7,16H2,2,4H3. The zero-order valence-electron chi connectivity index (χ0n) is 9.88. The largest absolute Gasteiger partial charge is 0.522 e. The summed E-state index contributed by atoms with van der Waals surface area (Å²) < 4.78 is 9.88. The van der Waals surface area contributed by atoms with Crippen molar-refractivity contribution in [1.82, 2.24) is 0 Å². The van der Waals surface area contributed by atoms with E-state index in [2.05, 4.69) is 13.2 Å². The molecule has 16 heavy (non-hydrogen) atoms. The zero-order chi connectivity index (χ0) is 12.6. The van der Waals surface area contributed by atoms with Gasteiger partial charge < -0.3 is 9.16 Å². The minimum absolute atomic E-state index is 0.328. The Morgan fingerprint density at radius 3 is 2.19 bits per heavy atom. The highest BCUT2D eigenvalue weighted by Gasteiger charge is 2.04. The van der Waals surface area contributed by atoms with Crippen LogP contribution in [0, 0.1) is 0 Å². The van der Waals surface area contributed by atoms with E-state index >= 15 is 0 Å². The van der Waals surface area contributed by atoms with Crippen LogP contribution in [-0.4, -0.2) is 28.3 Å². The van der Waals surface area contributed by atoms with E-state index < -0.39 is 9.76 Å². The summed E-state index contributed by atoms with van der Waals surface area (Å²) in [4.78, 5) is 22.0. The van der Waals surface area contributed by atoms with Crippen LogP contribution in [0.15, 0.2) is 24.3 Å². The first-order chi connectivity index (χ1) is 7.45. The fraction of sp³-hybridized carbons (Fsp3) is 0.455. The maximum Gasteiger partial charge on any atom is 0.333 e. The van der Waals surface area contributed by atoms with Gasteiger partial charge in [-0.15, -0.1) is 0 Å². The van der Waals surface area contributed by atoms with Gasteiger partial charge in [0.05, 0.1) is 6.61 Å². The van der Waals surface area contributed by atoms with Gasteiger partial charge in [0.15, 0.2) is 0 Å². The third kappa shape index (κ3) is 7.00. The monoisotopic (exact) mass is 242 g/mol. The van der Waals surface area contributed by atoms with Gasteiger partial charge in [0.25, 0.3) is 0 Å². The van der Waals surface area contributed by atoms with Crippen molar-refractivity contribution in [2.75, 3.05) is 6.61 Å². The van der Waals surface area contributed by atoms with Crippen molar-refractivity contribution < 1.29 is 18.8 Å². The van der Waals surface area contributed by atoms with E-state index in [1.54, 1.807) is 13.8 Å². The number of esters is 1. The first kappa shape index (κ1) is 14.6. The summed E-state index contributed by atoms with van der Waals surface area (Å²) >= 11 is 0. The van der Waals surface area contributed by atoms with Crippen LogP contribution in [0.5, 0.6) is 0 Å². The molecule has 0 aliphatic carbocycles. The van der Waals surface area contributed by atoms with E-state index in [9.17, 15) is 9.59 Å². The molecule has 0 atom stereocenters. The average Bonchev–Trinajstić information content (AvgIpc) is 2.21. The molecule has 5 heteroatoms. The number of ether oxygens (including phenoxy) is 1. The second-order valence-electron chi connectivity index (χ2n) is 3.54. The number of hydrogen-bond acceptors (Lipinski definition) is 4. The van der Waals surface area contributed by atoms with E-state index in [0.717, 1.165) is 6.04 Å². The van der Waals surface area contributed by atoms with Gasteiger partial charge in [-0.25, -0.2) is 9.59 Å². The Morgan fingerprint density at radius 2 is 1.69 bits per heavy atom. The summed E-state index contributed by atoms with van der Waals surface area (Å²) in [7, 11) is -0.867. The van der Waals surface area contributed by atoms with Crippen LogP contribution in [0.1, 0.15) is 20.3 Å². The molecule has 0 rings (SSSR count). The van der Waals surface area contributed by atoms with Gasteiger partial charge >= 0.3 is 11.9 Å². The molecule has 0 aromatic carbocycles. The van der Waals surface area contributed by atoms with Gasteiger partial charge in [-0.05, 0) is 26.3 Å². The van der Waals surface area contributed by atoms with Crippen molar-refractivity contribution in [3.8, 4) is 0 Å². The van der Waals surface area contributed by atoms with Crippen molar-refractivity contribution in [1.29, 1.82) is 0 Å². The highest BCUT2D eigenvalue weighted by molar-refractivity contribution is 6.31. The van der Waals surface area contributed by atoms with Crippen molar-refractivity contribution in [2.45, 2.75) is 26.3 Å². The van der Waals surface area contributed by atoms with Gasteiger partial charge in [0.1, 0.15) is 0 Å². The molecule has 0 aromatic heterocycles. The molecule has 0 spiro atoms. The quantitative estimate of drug-likeness (QED) is 0.290. The lowest BCUT2D eigenvalue weighted by Gasteiger charge is -2.05. The average molecular weight is 242 g/mol. The maximum absolute atomic E-state index is 11.0. The third-order valence-corrected chi connectivity index (χ3v) is 2.96. The van der Waals surface area contributed by atoms with Crippen molar-refractivity contribution in [2.24, 2.45) is 0 Å². The molecule has 4 nitrogen and oxygen atoms in total. The van der Waals surface area contributed by atoms with Gasteiger partial charge in [0.2, 0.25) is 9.76 Å². The molecule has 90 valence electrons. The van der Waals surface area contributed by atoms with Crippen LogP contribution in [0.2, 0.25) is 6.04 Å². The van der Waals surface area contributed by atoms with Gasteiger partial charge in [-0.2, -0.15) is 0 Å². The van der Waals surface area contributed by atoms with Crippen LogP contribution in [0.25, 0.3) is 0 Å². The SMILES string of the molecule is C=C(C)C(=O)OCCC[SiH2]OC(=O)C(=C)C. The van der Waals surface area contributed by atoms with Crippen molar-refractivity contribution in [3.05, 3.63) is 24.3 Å². The van der Waals surface area contributed by atoms with E-state index in [-0.39, 0.29) is 11.9 Å². The number of carbonyl (C=O) groups excluding carboxylic acids is 2. The Hall–Kier alpha value is -1.36. The Balaban J connectivity index is 3.41. The molecule has 0 saturated heterocycles. The number of hydrogen-bond donors (Lipinski definition) is 0. The first-order valence-corrected chi connectivity index (χ1v) is 6.68. The fourth-order valence-electron chi connectivity index (χ4n) is 0.780. The summed E-state index contributed by atoms with van der Waals surface area (Å²) in [5, 5.41) is 0. The number of rotatable bonds is 7. The predicted octanol–water partition coefficient (Wildman–Crippen LogP) is 1.12. The fourth-order valence-corrected chi connectivity index (χ4v) is 1.76. The van der Waals surface area contributed by atoms with Crippen molar-refractivity contribution >= 4 is 21.7 Å². The molecule has 0 bridgehead atoms. The second-order valence-corrected chi connectivity index (χ2v) is 4.94. The lowest BCUT2D eigenvalue weighted by molar-refractivity contribution is -0.139. The Kier molecular flexibility index (Phi) is 7.20. The Labute approximate surface area is 98.3 Å². The van der Waals surface area contributed by atoms with Crippen LogP contribution >= 0.6 is 0 Å². The molecule has 0 amide bonds. The minimum atomic E-state index is -0.867. The molecule has 0 radical (unpaired) electrons. The molecule has 0 unspecified atom stereocenters. The highest BCUT2D eigenvalue weighted by Crippen LogP contribution is 1.98. The van der Waals surface area contributed by atoms with E-state index in [1.807, 2.05) is 0 Å². The molecular weight excluding hydrogens is 224 g/mol. The molecule has 0 heterocycles. The molecule has 0 fully saturated rings. The molecule has 0 aliphatic heterocycles. The third-order valence-electron chi connectivity index (χ3n) is 1.70. The van der Waals surface area contributed by atoms with Gasteiger partial charge in [0, 0.05) is 11.1 Å². The smallest absolute Gasteiger partial charge is 0.333 e. The van der Waals surface area contributed by atoms with Crippen LogP contribution in [0.4, 0.5) is 0 Å². The Bertz CT molecular complexity index is 266. The topological polar surface area (TPSA) is 52.6 Å². The lowest BCUT2D eigenvalue weighted by atomic mass is 10.4. The Morgan fingerprint density at radius 1 is 1.12 bits per heavy atom. The normalized spacial score (nSPS) is 10.1. The lowest BCUT2D eigenvalue weighted by Crippen LogP contribution is -2.10. The van der Waals surface area contributed by atoms with Gasteiger partial charge in [-0.3, -0.25) is 0 Å². The zero-order valence-corrected chi connectivity index (χ0v) is 11.3. The van der Waals surface area contributed by atoms with E-state index in [1.165, 1.54) is 0 Å². The van der Waals surface area contributed by atoms with Gasteiger partial charge in [-0.1, -0.05) is 13.2 Å². The van der Waals surface area contributed by atoms with Crippen LogP contribution in [0.3, 0.4) is 0 Å². The summed E-state index contributed by atoms with van der Waals surface area (Å²) in [6.07, 6.45) is 0.717. The first-order valence-electron chi connectivity index (χ1n) is 5.10. The second kappa shape index (κ2) is 7.87. The van der Waals surface area contributed by atoms with E-state index in [0.29, 0.717) is 24.2 Å². The minimum Gasteiger partial charge on any atom is -0.522 e. The number of carbonyl (C=O) groups is 2. The summed E-state index contributed by atoms with van der Waals surface area (Å²) in [5.74, 6) is -0.703. The maximum atomic E-state index is 11.0. The molecule has 0 saturated carbocycles. The highest BCUT2D eigenvalue weighted by atomic mass is 28.2. The van der Waals surface area contributed by atoms with Crippen LogP contribution in [-0.2, 0) is 18.8 Å². The van der Waals surface area contributed by atoms with E-state index in [4.69, 9.17) is 9.16 Å².